The third-order valence-corrected chi connectivity index (χ3v) is 4.76. The second-order valence-corrected chi connectivity index (χ2v) is 6.42. The summed E-state index contributed by atoms with van der Waals surface area (Å²) < 4.78 is 5.19. The number of rotatable bonds is 5. The number of likely N-dealkylation sites (tertiary alicyclic amines) is 1. The number of anilines is 1. The van der Waals surface area contributed by atoms with E-state index in [1.807, 2.05) is 17.0 Å². The average Bonchev–Trinajstić information content (AvgIpc) is 3.38. The fourth-order valence-corrected chi connectivity index (χ4v) is 3.37. The molecule has 22 heavy (non-hydrogen) atoms. The molecule has 1 aromatic carbocycles. The van der Waals surface area contributed by atoms with Gasteiger partial charge < -0.3 is 15.0 Å². The normalized spacial score (nSPS) is 21.7. The van der Waals surface area contributed by atoms with Gasteiger partial charge >= 0.3 is 6.03 Å². The van der Waals surface area contributed by atoms with E-state index in [0.29, 0.717) is 18.6 Å². The molecule has 0 unspecified atom stereocenters. The van der Waals surface area contributed by atoms with Gasteiger partial charge in [-0.05, 0) is 56.1 Å². The lowest BCUT2D eigenvalue weighted by molar-refractivity contribution is 0.123. The second-order valence-electron chi connectivity index (χ2n) is 6.42. The smallest absolute Gasteiger partial charge is 0.322 e. The third kappa shape index (κ3) is 3.61. The van der Waals surface area contributed by atoms with Crippen molar-refractivity contribution in [1.29, 1.82) is 0 Å². The van der Waals surface area contributed by atoms with E-state index in [1.54, 1.807) is 7.11 Å². The van der Waals surface area contributed by atoms with Gasteiger partial charge in [0.25, 0.3) is 0 Å². The minimum absolute atomic E-state index is 0.0499. The first-order valence-electron chi connectivity index (χ1n) is 8.45. The van der Waals surface area contributed by atoms with Crippen molar-refractivity contribution in [3.05, 3.63) is 29.8 Å². The zero-order valence-corrected chi connectivity index (χ0v) is 13.4. The lowest BCUT2D eigenvalue weighted by Gasteiger charge is -2.35. The summed E-state index contributed by atoms with van der Waals surface area (Å²) in [5, 5.41) is 3.15. The molecular formula is C18H26N2O2. The second kappa shape index (κ2) is 7.14. The summed E-state index contributed by atoms with van der Waals surface area (Å²) in [6.45, 7) is 1.57. The Labute approximate surface area is 132 Å². The van der Waals surface area contributed by atoms with E-state index in [0.717, 1.165) is 31.5 Å². The Morgan fingerprint density at radius 3 is 2.86 bits per heavy atom. The molecule has 1 atom stereocenters. The van der Waals surface area contributed by atoms with Crippen LogP contribution in [-0.2, 0) is 4.74 Å². The molecule has 0 radical (unpaired) electrons. The number of carbonyl (C=O) groups is 1. The molecule has 120 valence electrons. The summed E-state index contributed by atoms with van der Waals surface area (Å²) in [4.78, 5) is 14.7. The number of para-hydroxylation sites is 1. The first-order chi connectivity index (χ1) is 10.8. The number of methoxy groups -OCH3 is 1. The number of benzene rings is 1. The van der Waals surface area contributed by atoms with Crippen LogP contribution in [0, 0.1) is 0 Å². The Balaban J connectivity index is 1.67. The van der Waals surface area contributed by atoms with Crippen LogP contribution in [0.3, 0.4) is 0 Å². The highest BCUT2D eigenvalue weighted by Crippen LogP contribution is 2.43. The molecule has 1 N–H and O–H groups in total. The van der Waals surface area contributed by atoms with Crippen molar-refractivity contribution in [2.24, 2.45) is 0 Å². The molecule has 2 fully saturated rings. The monoisotopic (exact) mass is 302 g/mol. The van der Waals surface area contributed by atoms with Crippen molar-refractivity contribution in [2.75, 3.05) is 25.6 Å². The minimum atomic E-state index is 0.0499. The van der Waals surface area contributed by atoms with Gasteiger partial charge in [0.1, 0.15) is 0 Å². The Bertz CT molecular complexity index is 514. The maximum atomic E-state index is 12.7. The van der Waals surface area contributed by atoms with Crippen LogP contribution < -0.4 is 5.32 Å². The topological polar surface area (TPSA) is 41.6 Å². The number of nitrogens with one attached hydrogen (secondary N) is 1. The molecule has 1 saturated heterocycles. The summed E-state index contributed by atoms with van der Waals surface area (Å²) in [5.41, 5.74) is 2.28. The highest BCUT2D eigenvalue weighted by atomic mass is 16.5. The largest absolute Gasteiger partial charge is 0.385 e. The molecule has 0 bridgehead atoms. The van der Waals surface area contributed by atoms with Gasteiger partial charge in [0.15, 0.2) is 0 Å². The van der Waals surface area contributed by atoms with Crippen LogP contribution in [0.15, 0.2) is 24.3 Å². The molecule has 1 aliphatic carbocycles. The van der Waals surface area contributed by atoms with Crippen LogP contribution in [0.1, 0.15) is 50.0 Å². The highest BCUT2D eigenvalue weighted by molar-refractivity contribution is 5.90. The van der Waals surface area contributed by atoms with Crippen LogP contribution in [0.25, 0.3) is 0 Å². The molecule has 2 amide bonds. The van der Waals surface area contributed by atoms with Gasteiger partial charge in [-0.15, -0.1) is 0 Å². The number of piperidine rings is 1. The summed E-state index contributed by atoms with van der Waals surface area (Å²) in [5.74, 6) is 0.641. The first-order valence-corrected chi connectivity index (χ1v) is 8.45. The lowest BCUT2D eigenvalue weighted by atomic mass is 10.00. The quantitative estimate of drug-likeness (QED) is 0.893. The highest BCUT2D eigenvalue weighted by Gasteiger charge is 2.29. The summed E-state index contributed by atoms with van der Waals surface area (Å²) in [7, 11) is 1.72. The van der Waals surface area contributed by atoms with Gasteiger partial charge in [-0.25, -0.2) is 4.79 Å². The molecule has 1 aliphatic heterocycles. The Morgan fingerprint density at radius 2 is 2.09 bits per heavy atom. The van der Waals surface area contributed by atoms with Gasteiger partial charge in [-0.1, -0.05) is 18.2 Å². The van der Waals surface area contributed by atoms with Crippen LogP contribution in [0.2, 0.25) is 0 Å². The van der Waals surface area contributed by atoms with E-state index in [2.05, 4.69) is 17.4 Å². The van der Waals surface area contributed by atoms with Gasteiger partial charge in [0.2, 0.25) is 0 Å². The van der Waals surface area contributed by atoms with Gasteiger partial charge in [-0.3, -0.25) is 0 Å². The molecule has 0 spiro atoms. The molecule has 1 heterocycles. The fourth-order valence-electron chi connectivity index (χ4n) is 3.37. The predicted octanol–water partition coefficient (Wildman–Crippen LogP) is 3.99. The Kier molecular flexibility index (Phi) is 4.98. The van der Waals surface area contributed by atoms with Crippen molar-refractivity contribution < 1.29 is 9.53 Å². The van der Waals surface area contributed by atoms with Crippen LogP contribution >= 0.6 is 0 Å². The number of nitrogens with zero attached hydrogens (tertiary/aromatic N) is 1. The maximum absolute atomic E-state index is 12.7. The first kappa shape index (κ1) is 15.3. The van der Waals surface area contributed by atoms with Crippen molar-refractivity contribution in [2.45, 2.75) is 50.5 Å². The third-order valence-electron chi connectivity index (χ3n) is 4.76. The molecule has 2 aliphatic rings. The van der Waals surface area contributed by atoms with Crippen LogP contribution in [0.5, 0.6) is 0 Å². The van der Waals surface area contributed by atoms with Crippen molar-refractivity contribution in [3.8, 4) is 0 Å². The molecule has 0 aromatic heterocycles. The molecular weight excluding hydrogens is 276 g/mol. The van der Waals surface area contributed by atoms with Gasteiger partial charge in [0, 0.05) is 32.0 Å². The number of hydrogen-bond donors (Lipinski definition) is 1. The zero-order valence-electron chi connectivity index (χ0n) is 13.4. The van der Waals surface area contributed by atoms with E-state index in [-0.39, 0.29) is 6.03 Å². The van der Waals surface area contributed by atoms with E-state index in [1.165, 1.54) is 24.8 Å². The van der Waals surface area contributed by atoms with Crippen molar-refractivity contribution >= 4 is 11.7 Å². The van der Waals surface area contributed by atoms with Crippen LogP contribution in [-0.4, -0.2) is 37.2 Å². The molecule has 4 heteroatoms. The Hall–Kier alpha value is -1.55. The van der Waals surface area contributed by atoms with E-state index >= 15 is 0 Å². The molecule has 1 aromatic rings. The molecule has 3 rings (SSSR count). The van der Waals surface area contributed by atoms with Crippen LogP contribution in [0.4, 0.5) is 10.5 Å². The van der Waals surface area contributed by atoms with Crippen molar-refractivity contribution in [1.82, 2.24) is 4.90 Å². The van der Waals surface area contributed by atoms with Gasteiger partial charge in [0.05, 0.1) is 0 Å². The molecule has 1 saturated carbocycles. The minimum Gasteiger partial charge on any atom is -0.385 e. The molecule has 4 nitrogen and oxygen atoms in total. The Morgan fingerprint density at radius 1 is 1.27 bits per heavy atom. The zero-order chi connectivity index (χ0) is 15.4. The lowest BCUT2D eigenvalue weighted by Crippen LogP contribution is -2.46. The van der Waals surface area contributed by atoms with Crippen molar-refractivity contribution in [3.63, 3.8) is 0 Å². The number of amides is 2. The SMILES string of the molecule is COCC[C@H]1CCCCN1C(=O)Nc1ccccc1C1CC1. The van der Waals surface area contributed by atoms with E-state index in [4.69, 9.17) is 4.74 Å². The number of hydrogen-bond acceptors (Lipinski definition) is 2. The standard InChI is InChI=1S/C18H26N2O2/c1-22-13-11-15-6-4-5-12-20(15)18(21)19-17-8-3-2-7-16(17)14-9-10-14/h2-3,7-8,14-15H,4-6,9-13H2,1H3,(H,19,21)/t15-/m1/s1. The fraction of sp³-hybridized carbons (Fsp3) is 0.611. The number of ether oxygens (including phenoxy) is 1. The number of urea groups is 1. The summed E-state index contributed by atoms with van der Waals surface area (Å²) >= 11 is 0. The average molecular weight is 302 g/mol. The number of carbonyl (C=O) groups excluding carboxylic acids is 1. The summed E-state index contributed by atoms with van der Waals surface area (Å²) in [6, 6.07) is 8.59. The van der Waals surface area contributed by atoms with Gasteiger partial charge in [-0.2, -0.15) is 0 Å². The van der Waals surface area contributed by atoms with E-state index in [9.17, 15) is 4.79 Å². The maximum Gasteiger partial charge on any atom is 0.322 e. The summed E-state index contributed by atoms with van der Waals surface area (Å²) in [6.07, 6.45) is 6.80. The van der Waals surface area contributed by atoms with E-state index < -0.39 is 0 Å². The predicted molar refractivity (Wildman–Crippen MR) is 88.3 cm³/mol.